The average molecular weight is 191 g/mol. The Labute approximate surface area is 80.4 Å². The number of aromatic amines is 1. The zero-order chi connectivity index (χ0) is 10.6. The summed E-state index contributed by atoms with van der Waals surface area (Å²) in [5.41, 5.74) is 8.64. The molecule has 0 aliphatic rings. The maximum Gasteiger partial charge on any atom is 0.332 e. The minimum absolute atomic E-state index is 0.508. The van der Waals surface area contributed by atoms with Gasteiger partial charge < -0.3 is 10.7 Å². The van der Waals surface area contributed by atoms with Crippen molar-refractivity contribution in [1.29, 1.82) is 5.26 Å². The molecule has 0 unspecified atom stereocenters. The predicted molar refractivity (Wildman–Crippen MR) is 50.4 cm³/mol. The molecular formula is C8H9N5O. The van der Waals surface area contributed by atoms with Gasteiger partial charge in [-0.15, -0.1) is 0 Å². The SMILES string of the molecule is CC(=NNC(N)=O)c1cc(C#N)c[nH]1. The number of H-pyrrole nitrogens is 1. The largest absolute Gasteiger partial charge is 0.359 e. The summed E-state index contributed by atoms with van der Waals surface area (Å²) in [5, 5.41) is 12.2. The molecule has 1 aromatic heterocycles. The third kappa shape index (κ3) is 2.35. The Morgan fingerprint density at radius 3 is 3.00 bits per heavy atom. The Kier molecular flexibility index (Phi) is 2.86. The van der Waals surface area contributed by atoms with E-state index in [1.807, 2.05) is 6.07 Å². The summed E-state index contributed by atoms with van der Waals surface area (Å²) in [4.78, 5) is 13.2. The lowest BCUT2D eigenvalue weighted by Crippen LogP contribution is -2.25. The molecule has 0 saturated heterocycles. The molecule has 6 heteroatoms. The fourth-order valence-corrected chi connectivity index (χ4v) is 0.867. The molecule has 0 saturated carbocycles. The van der Waals surface area contributed by atoms with Crippen LogP contribution in [-0.2, 0) is 0 Å². The monoisotopic (exact) mass is 191 g/mol. The number of aromatic nitrogens is 1. The molecule has 0 aromatic carbocycles. The topological polar surface area (TPSA) is 107 Å². The van der Waals surface area contributed by atoms with Gasteiger partial charge >= 0.3 is 6.03 Å². The number of carbonyl (C=O) groups excluding carboxylic acids is 1. The second-order valence-corrected chi connectivity index (χ2v) is 2.59. The molecule has 0 fully saturated rings. The normalized spacial score (nSPS) is 10.7. The smallest absolute Gasteiger partial charge is 0.332 e. The highest BCUT2D eigenvalue weighted by Crippen LogP contribution is 2.02. The third-order valence-electron chi connectivity index (χ3n) is 1.54. The van der Waals surface area contributed by atoms with Gasteiger partial charge in [0.1, 0.15) is 6.07 Å². The molecule has 0 radical (unpaired) electrons. The first-order chi connectivity index (χ1) is 6.63. The molecule has 0 aliphatic carbocycles. The van der Waals surface area contributed by atoms with Crippen LogP contribution in [0.1, 0.15) is 18.2 Å². The van der Waals surface area contributed by atoms with E-state index in [9.17, 15) is 4.79 Å². The van der Waals surface area contributed by atoms with Gasteiger partial charge in [-0.1, -0.05) is 0 Å². The van der Waals surface area contributed by atoms with Gasteiger partial charge in [-0.05, 0) is 13.0 Å². The van der Waals surface area contributed by atoms with Gasteiger partial charge in [-0.3, -0.25) is 0 Å². The van der Waals surface area contributed by atoms with Gasteiger partial charge in [0.15, 0.2) is 0 Å². The first-order valence-electron chi connectivity index (χ1n) is 3.82. The van der Waals surface area contributed by atoms with Gasteiger partial charge in [0.2, 0.25) is 0 Å². The van der Waals surface area contributed by atoms with Crippen molar-refractivity contribution in [3.8, 4) is 6.07 Å². The molecule has 4 N–H and O–H groups in total. The number of nitrogens with one attached hydrogen (secondary N) is 2. The summed E-state index contributed by atoms with van der Waals surface area (Å²) in [6, 6.07) is 2.87. The maximum absolute atomic E-state index is 10.3. The van der Waals surface area contributed by atoms with E-state index in [-0.39, 0.29) is 0 Å². The van der Waals surface area contributed by atoms with E-state index in [1.165, 1.54) is 0 Å². The fourth-order valence-electron chi connectivity index (χ4n) is 0.867. The zero-order valence-corrected chi connectivity index (χ0v) is 7.53. The highest BCUT2D eigenvalue weighted by atomic mass is 16.2. The number of rotatable bonds is 2. The summed E-state index contributed by atoms with van der Waals surface area (Å²) in [6.07, 6.45) is 1.55. The summed E-state index contributed by atoms with van der Waals surface area (Å²) in [5.74, 6) is 0. The van der Waals surface area contributed by atoms with Crippen LogP contribution in [0.15, 0.2) is 17.4 Å². The van der Waals surface area contributed by atoms with Crippen LogP contribution in [-0.4, -0.2) is 16.7 Å². The van der Waals surface area contributed by atoms with E-state index >= 15 is 0 Å². The fraction of sp³-hybridized carbons (Fsp3) is 0.125. The van der Waals surface area contributed by atoms with Crippen LogP contribution in [0, 0.1) is 11.3 Å². The molecule has 0 bridgehead atoms. The molecule has 1 aromatic rings. The molecule has 0 atom stereocenters. The molecule has 72 valence electrons. The lowest BCUT2D eigenvalue weighted by atomic mass is 10.3. The average Bonchev–Trinajstić information content (AvgIpc) is 2.62. The first-order valence-corrected chi connectivity index (χ1v) is 3.82. The van der Waals surface area contributed by atoms with Crippen LogP contribution in [0.3, 0.4) is 0 Å². The number of hydrogen-bond donors (Lipinski definition) is 3. The molecule has 1 rings (SSSR count). The lowest BCUT2D eigenvalue weighted by Gasteiger charge is -1.96. The number of hydrogen-bond acceptors (Lipinski definition) is 3. The highest BCUT2D eigenvalue weighted by molar-refractivity contribution is 5.97. The molecule has 0 aliphatic heterocycles. The second kappa shape index (κ2) is 4.09. The summed E-state index contributed by atoms with van der Waals surface area (Å²) >= 11 is 0. The highest BCUT2D eigenvalue weighted by Gasteiger charge is 2.01. The molecular weight excluding hydrogens is 182 g/mol. The minimum atomic E-state index is -0.726. The van der Waals surface area contributed by atoms with Crippen LogP contribution in [0.25, 0.3) is 0 Å². The number of amides is 2. The van der Waals surface area contributed by atoms with Crippen molar-refractivity contribution < 1.29 is 4.79 Å². The lowest BCUT2D eigenvalue weighted by molar-refractivity contribution is 0.249. The van der Waals surface area contributed by atoms with E-state index in [4.69, 9.17) is 11.0 Å². The van der Waals surface area contributed by atoms with Gasteiger partial charge in [-0.2, -0.15) is 10.4 Å². The van der Waals surface area contributed by atoms with Gasteiger partial charge in [0, 0.05) is 6.20 Å². The third-order valence-corrected chi connectivity index (χ3v) is 1.54. The van der Waals surface area contributed by atoms with Gasteiger partial charge in [-0.25, -0.2) is 10.2 Å². The standard InChI is InChI=1S/C8H9N5O/c1-5(12-13-8(10)14)7-2-6(3-9)4-11-7/h2,4,11H,1H3,(H3,10,13,14). The Hall–Kier alpha value is -2.29. The van der Waals surface area contributed by atoms with E-state index in [1.54, 1.807) is 19.2 Å². The number of urea groups is 1. The maximum atomic E-state index is 10.3. The minimum Gasteiger partial charge on any atom is -0.359 e. The molecule has 1 heterocycles. The van der Waals surface area contributed by atoms with E-state index < -0.39 is 6.03 Å². The van der Waals surface area contributed by atoms with E-state index in [0.717, 1.165) is 0 Å². The van der Waals surface area contributed by atoms with Crippen molar-refractivity contribution in [2.24, 2.45) is 10.8 Å². The first kappa shape index (κ1) is 9.80. The molecule has 6 nitrogen and oxygen atoms in total. The summed E-state index contributed by atoms with van der Waals surface area (Å²) in [6.45, 7) is 1.68. The number of nitrogens with two attached hydrogens (primary N) is 1. The number of carbonyl (C=O) groups is 1. The van der Waals surface area contributed by atoms with Crippen LogP contribution in [0.4, 0.5) is 4.79 Å². The van der Waals surface area contributed by atoms with Crippen molar-refractivity contribution in [3.05, 3.63) is 23.5 Å². The second-order valence-electron chi connectivity index (χ2n) is 2.59. The molecule has 2 amide bonds. The quantitative estimate of drug-likeness (QED) is 0.461. The number of hydrazone groups is 1. The van der Waals surface area contributed by atoms with Crippen molar-refractivity contribution in [2.75, 3.05) is 0 Å². The number of primary amides is 1. The van der Waals surface area contributed by atoms with Crippen LogP contribution in [0.5, 0.6) is 0 Å². The summed E-state index contributed by atoms with van der Waals surface area (Å²) in [7, 11) is 0. The van der Waals surface area contributed by atoms with Crippen molar-refractivity contribution in [1.82, 2.24) is 10.4 Å². The molecule has 0 spiro atoms. The van der Waals surface area contributed by atoms with Crippen molar-refractivity contribution >= 4 is 11.7 Å². The van der Waals surface area contributed by atoms with E-state index in [2.05, 4.69) is 15.5 Å². The van der Waals surface area contributed by atoms with Crippen molar-refractivity contribution in [3.63, 3.8) is 0 Å². The Morgan fingerprint density at radius 1 is 1.79 bits per heavy atom. The van der Waals surface area contributed by atoms with Gasteiger partial charge in [0.05, 0.1) is 17.0 Å². The predicted octanol–water partition coefficient (Wildman–Crippen LogP) is 0.279. The van der Waals surface area contributed by atoms with Gasteiger partial charge in [0.25, 0.3) is 0 Å². The Morgan fingerprint density at radius 2 is 2.50 bits per heavy atom. The van der Waals surface area contributed by atoms with Crippen LogP contribution >= 0.6 is 0 Å². The molecule has 14 heavy (non-hydrogen) atoms. The summed E-state index contributed by atoms with van der Waals surface area (Å²) < 4.78 is 0. The number of nitrogens with zero attached hydrogens (tertiary/aromatic N) is 2. The number of nitriles is 1. The Bertz CT molecular complexity index is 412. The van der Waals surface area contributed by atoms with Crippen LogP contribution < -0.4 is 11.2 Å². The van der Waals surface area contributed by atoms with Crippen molar-refractivity contribution in [2.45, 2.75) is 6.92 Å². The Balaban J connectivity index is 2.79. The van der Waals surface area contributed by atoms with Crippen LogP contribution in [0.2, 0.25) is 0 Å². The zero-order valence-electron chi connectivity index (χ0n) is 7.53. The van der Waals surface area contributed by atoms with E-state index in [0.29, 0.717) is 17.0 Å².